The van der Waals surface area contributed by atoms with Crippen molar-refractivity contribution >= 4 is 0 Å². The molecule has 3 heteroatoms. The highest BCUT2D eigenvalue weighted by Gasteiger charge is 2.10. The molecule has 106 valence electrons. The molecule has 2 aromatic rings. The van der Waals surface area contributed by atoms with Gasteiger partial charge in [-0.05, 0) is 36.6 Å². The molecule has 0 bridgehead atoms. The molecule has 21 heavy (non-hydrogen) atoms. The van der Waals surface area contributed by atoms with Crippen LogP contribution in [0.5, 0.6) is 0 Å². The topological polar surface area (TPSA) is 45.8 Å². The molecule has 0 aliphatic carbocycles. The van der Waals surface area contributed by atoms with Crippen LogP contribution in [-0.4, -0.2) is 4.57 Å². The molecular formula is C18H18N2O. The fourth-order valence-corrected chi connectivity index (χ4v) is 2.25. The van der Waals surface area contributed by atoms with Gasteiger partial charge in [-0.25, -0.2) is 0 Å². The number of benzene rings is 1. The van der Waals surface area contributed by atoms with Crippen LogP contribution >= 0.6 is 0 Å². The van der Waals surface area contributed by atoms with Crippen molar-refractivity contribution in [3.8, 4) is 17.3 Å². The minimum absolute atomic E-state index is 0.158. The van der Waals surface area contributed by atoms with Crippen molar-refractivity contribution in [3.63, 3.8) is 0 Å². The van der Waals surface area contributed by atoms with Crippen LogP contribution < -0.4 is 5.56 Å². The number of rotatable bonds is 4. The second-order valence-electron chi connectivity index (χ2n) is 5.14. The zero-order valence-electron chi connectivity index (χ0n) is 12.4. The number of nitriles is 1. The van der Waals surface area contributed by atoms with Crippen molar-refractivity contribution in [3.05, 3.63) is 70.0 Å². The van der Waals surface area contributed by atoms with Gasteiger partial charge in [0.05, 0.1) is 5.69 Å². The molecule has 0 unspecified atom stereocenters. The third-order valence-corrected chi connectivity index (χ3v) is 3.38. The fraction of sp³-hybridized carbons (Fsp3) is 0.222. The summed E-state index contributed by atoms with van der Waals surface area (Å²) in [7, 11) is 0. The summed E-state index contributed by atoms with van der Waals surface area (Å²) in [6.07, 6.45) is 0.978. The summed E-state index contributed by atoms with van der Waals surface area (Å²) >= 11 is 0. The third-order valence-electron chi connectivity index (χ3n) is 3.38. The summed E-state index contributed by atoms with van der Waals surface area (Å²) in [6, 6.07) is 13.5. The van der Waals surface area contributed by atoms with Crippen molar-refractivity contribution in [1.29, 1.82) is 5.26 Å². The molecule has 0 aliphatic heterocycles. The maximum Gasteiger partial charge on any atom is 0.269 e. The van der Waals surface area contributed by atoms with Gasteiger partial charge < -0.3 is 4.57 Å². The van der Waals surface area contributed by atoms with Crippen LogP contribution in [-0.2, 0) is 13.0 Å². The second-order valence-corrected chi connectivity index (χ2v) is 5.14. The standard InChI is InChI=1S/C18H18N2O/c1-4-14-5-7-15(8-6-14)17-10-9-16(11-19)18(21)20(17)12-13(2)3/h5-10H,2,4,12H2,1,3H3. The summed E-state index contributed by atoms with van der Waals surface area (Å²) < 4.78 is 1.61. The van der Waals surface area contributed by atoms with E-state index >= 15 is 0 Å². The number of allylic oxidation sites excluding steroid dienone is 1. The van der Waals surface area contributed by atoms with Gasteiger partial charge in [-0.2, -0.15) is 5.26 Å². The van der Waals surface area contributed by atoms with Gasteiger partial charge in [-0.15, -0.1) is 0 Å². The van der Waals surface area contributed by atoms with Crippen LogP contribution in [0, 0.1) is 11.3 Å². The minimum Gasteiger partial charge on any atom is -0.303 e. The van der Waals surface area contributed by atoms with Gasteiger partial charge >= 0.3 is 0 Å². The highest BCUT2D eigenvalue weighted by molar-refractivity contribution is 5.61. The molecule has 1 aromatic heterocycles. The monoisotopic (exact) mass is 278 g/mol. The molecule has 1 heterocycles. The lowest BCUT2D eigenvalue weighted by Crippen LogP contribution is -2.24. The summed E-state index contributed by atoms with van der Waals surface area (Å²) in [4.78, 5) is 12.4. The lowest BCUT2D eigenvalue weighted by atomic mass is 10.1. The van der Waals surface area contributed by atoms with Gasteiger partial charge in [0.2, 0.25) is 0 Å². The van der Waals surface area contributed by atoms with E-state index in [2.05, 4.69) is 25.6 Å². The predicted molar refractivity (Wildman–Crippen MR) is 85.0 cm³/mol. The zero-order chi connectivity index (χ0) is 15.4. The van der Waals surface area contributed by atoms with E-state index in [1.807, 2.05) is 31.2 Å². The lowest BCUT2D eigenvalue weighted by Gasteiger charge is -2.13. The first-order chi connectivity index (χ1) is 10.1. The van der Waals surface area contributed by atoms with E-state index < -0.39 is 0 Å². The Morgan fingerprint density at radius 3 is 2.43 bits per heavy atom. The van der Waals surface area contributed by atoms with Crippen LogP contribution in [0.1, 0.15) is 25.0 Å². The summed E-state index contributed by atoms with van der Waals surface area (Å²) in [6.45, 7) is 8.26. The first-order valence-corrected chi connectivity index (χ1v) is 6.94. The van der Waals surface area contributed by atoms with Gasteiger partial charge in [0.15, 0.2) is 0 Å². The number of aromatic nitrogens is 1. The van der Waals surface area contributed by atoms with Crippen LogP contribution in [0.2, 0.25) is 0 Å². The van der Waals surface area contributed by atoms with Gasteiger partial charge in [0.1, 0.15) is 11.6 Å². The maximum absolute atomic E-state index is 12.4. The highest BCUT2D eigenvalue weighted by Crippen LogP contribution is 2.20. The van der Waals surface area contributed by atoms with Crippen LogP contribution in [0.25, 0.3) is 11.3 Å². The molecule has 1 aromatic carbocycles. The van der Waals surface area contributed by atoms with E-state index in [1.165, 1.54) is 5.56 Å². The average molecular weight is 278 g/mol. The number of aryl methyl sites for hydroxylation is 1. The Morgan fingerprint density at radius 2 is 1.90 bits per heavy atom. The number of hydrogen-bond donors (Lipinski definition) is 0. The molecule has 0 radical (unpaired) electrons. The number of nitrogens with zero attached hydrogens (tertiary/aromatic N) is 2. The molecule has 0 N–H and O–H groups in total. The Bertz CT molecular complexity index is 761. The fourth-order valence-electron chi connectivity index (χ4n) is 2.25. The second kappa shape index (κ2) is 6.23. The molecular weight excluding hydrogens is 260 g/mol. The maximum atomic E-state index is 12.4. The Kier molecular flexibility index (Phi) is 4.39. The van der Waals surface area contributed by atoms with E-state index in [4.69, 9.17) is 5.26 Å². The molecule has 0 atom stereocenters. The quantitative estimate of drug-likeness (QED) is 0.803. The molecule has 2 rings (SSSR count). The van der Waals surface area contributed by atoms with Crippen molar-refractivity contribution in [2.45, 2.75) is 26.8 Å². The molecule has 0 saturated heterocycles. The molecule has 0 saturated carbocycles. The zero-order valence-corrected chi connectivity index (χ0v) is 12.4. The number of pyridine rings is 1. The highest BCUT2D eigenvalue weighted by atomic mass is 16.1. The predicted octanol–water partition coefficient (Wildman–Crippen LogP) is 3.53. The SMILES string of the molecule is C=C(C)Cn1c(-c2ccc(CC)cc2)ccc(C#N)c1=O. The van der Waals surface area contributed by atoms with E-state index in [0.29, 0.717) is 6.54 Å². The van der Waals surface area contributed by atoms with Gasteiger partial charge in [-0.1, -0.05) is 43.3 Å². The Labute approximate surface area is 124 Å². The largest absolute Gasteiger partial charge is 0.303 e. The van der Waals surface area contributed by atoms with Crippen molar-refractivity contribution < 1.29 is 0 Å². The van der Waals surface area contributed by atoms with Crippen LogP contribution in [0.15, 0.2) is 53.3 Å². The lowest BCUT2D eigenvalue weighted by molar-refractivity contribution is 0.755. The van der Waals surface area contributed by atoms with Gasteiger partial charge in [0, 0.05) is 6.54 Å². The van der Waals surface area contributed by atoms with Crippen molar-refractivity contribution in [2.75, 3.05) is 0 Å². The van der Waals surface area contributed by atoms with Gasteiger partial charge in [0.25, 0.3) is 5.56 Å². The first-order valence-electron chi connectivity index (χ1n) is 6.94. The third kappa shape index (κ3) is 3.11. The molecule has 3 nitrogen and oxygen atoms in total. The normalized spacial score (nSPS) is 10.1. The minimum atomic E-state index is -0.266. The van der Waals surface area contributed by atoms with E-state index in [0.717, 1.165) is 23.3 Å². The summed E-state index contributed by atoms with van der Waals surface area (Å²) in [5.41, 5.74) is 3.79. The Hall–Kier alpha value is -2.60. The average Bonchev–Trinajstić information content (AvgIpc) is 2.49. The Morgan fingerprint density at radius 1 is 1.24 bits per heavy atom. The number of hydrogen-bond acceptors (Lipinski definition) is 2. The summed E-state index contributed by atoms with van der Waals surface area (Å²) in [5, 5.41) is 9.02. The molecule has 0 fully saturated rings. The van der Waals surface area contributed by atoms with E-state index in [1.54, 1.807) is 10.6 Å². The van der Waals surface area contributed by atoms with E-state index in [-0.39, 0.29) is 11.1 Å². The Balaban J connectivity index is 2.61. The molecule has 0 aliphatic rings. The van der Waals surface area contributed by atoms with Crippen LogP contribution in [0.4, 0.5) is 0 Å². The van der Waals surface area contributed by atoms with Crippen molar-refractivity contribution in [1.82, 2.24) is 4.57 Å². The van der Waals surface area contributed by atoms with Crippen LogP contribution in [0.3, 0.4) is 0 Å². The van der Waals surface area contributed by atoms with Crippen molar-refractivity contribution in [2.24, 2.45) is 0 Å². The van der Waals surface area contributed by atoms with E-state index in [9.17, 15) is 4.79 Å². The van der Waals surface area contributed by atoms with Gasteiger partial charge in [-0.3, -0.25) is 4.79 Å². The molecule has 0 amide bonds. The first kappa shape index (κ1) is 14.8. The smallest absolute Gasteiger partial charge is 0.269 e. The summed E-state index contributed by atoms with van der Waals surface area (Å²) in [5.74, 6) is 0. The molecule has 0 spiro atoms.